The Morgan fingerprint density at radius 1 is 1.00 bits per heavy atom. The highest BCUT2D eigenvalue weighted by Crippen LogP contribution is 2.45. The lowest BCUT2D eigenvalue weighted by Crippen LogP contribution is -2.03. The van der Waals surface area contributed by atoms with Gasteiger partial charge in [0.1, 0.15) is 18.2 Å². The van der Waals surface area contributed by atoms with Crippen molar-refractivity contribution in [3.63, 3.8) is 0 Å². The average molecular weight is 508 g/mol. The monoisotopic (exact) mass is 507 g/mol. The molecule has 3 aromatic carbocycles. The number of carbonyl (C=O) groups is 1. The molecule has 0 aliphatic carbocycles. The summed E-state index contributed by atoms with van der Waals surface area (Å²) >= 11 is 1.47. The molecule has 2 heterocycles. The minimum absolute atomic E-state index is 0.00556. The molecule has 4 aromatic rings. The quantitative estimate of drug-likeness (QED) is 0.304. The van der Waals surface area contributed by atoms with Crippen molar-refractivity contribution in [2.75, 3.05) is 5.75 Å². The molecule has 1 unspecified atom stereocenters. The van der Waals surface area contributed by atoms with Gasteiger partial charge < -0.3 is 9.84 Å². The van der Waals surface area contributed by atoms with E-state index in [4.69, 9.17) is 9.84 Å². The third-order valence-corrected chi connectivity index (χ3v) is 7.17. The molecule has 0 fully saturated rings. The molecule has 1 aliphatic rings. The second-order valence-corrected chi connectivity index (χ2v) is 9.57. The zero-order chi connectivity index (χ0) is 25.2. The third kappa shape index (κ3) is 5.09. The minimum atomic E-state index is -0.950. The topological polar surface area (TPSA) is 59.4 Å². The smallest absolute Gasteiger partial charge is 0.304 e. The van der Waals surface area contributed by atoms with E-state index in [0.717, 1.165) is 34.4 Å². The van der Waals surface area contributed by atoms with E-state index < -0.39 is 17.6 Å². The number of nitrogens with zero attached hydrogens (tertiary/aromatic N) is 1. The number of pyridine rings is 1. The molecule has 0 saturated carbocycles. The molecule has 36 heavy (non-hydrogen) atoms. The van der Waals surface area contributed by atoms with Crippen molar-refractivity contribution in [2.45, 2.75) is 18.3 Å². The summed E-state index contributed by atoms with van der Waals surface area (Å²) in [6.45, 7) is 0.212. The number of carboxylic acids is 1. The number of aliphatic carboxylic acids is 1. The molecule has 5 rings (SSSR count). The molecular weight excluding hydrogens is 487 g/mol. The van der Waals surface area contributed by atoms with Crippen LogP contribution in [0.2, 0.25) is 0 Å². The lowest BCUT2D eigenvalue weighted by atomic mass is 9.98. The number of benzene rings is 3. The summed E-state index contributed by atoms with van der Waals surface area (Å²) in [5.41, 5.74) is 4.25. The van der Waals surface area contributed by atoms with Crippen LogP contribution >= 0.6 is 11.8 Å². The highest BCUT2D eigenvalue weighted by atomic mass is 32.2. The summed E-state index contributed by atoms with van der Waals surface area (Å²) in [5.74, 6) is -2.07. The molecular formula is C28H20F3NO3S. The molecule has 182 valence electrons. The lowest BCUT2D eigenvalue weighted by molar-refractivity contribution is -0.136. The van der Waals surface area contributed by atoms with Crippen molar-refractivity contribution in [3.05, 3.63) is 106 Å². The van der Waals surface area contributed by atoms with Gasteiger partial charge in [0, 0.05) is 22.8 Å². The van der Waals surface area contributed by atoms with E-state index in [-0.39, 0.29) is 24.1 Å². The molecule has 4 nitrogen and oxygen atoms in total. The number of hydrogen-bond donors (Lipinski definition) is 1. The van der Waals surface area contributed by atoms with Crippen LogP contribution in [0, 0.1) is 17.5 Å². The second kappa shape index (κ2) is 10.1. The van der Waals surface area contributed by atoms with Crippen LogP contribution in [0.4, 0.5) is 13.2 Å². The summed E-state index contributed by atoms with van der Waals surface area (Å²) in [4.78, 5) is 15.5. The van der Waals surface area contributed by atoms with E-state index in [9.17, 15) is 18.0 Å². The van der Waals surface area contributed by atoms with Crippen LogP contribution in [0.3, 0.4) is 0 Å². The van der Waals surface area contributed by atoms with Crippen LogP contribution in [0.15, 0.2) is 60.7 Å². The van der Waals surface area contributed by atoms with Crippen molar-refractivity contribution in [1.82, 2.24) is 4.98 Å². The number of carboxylic acid groups (broad SMARTS) is 1. The summed E-state index contributed by atoms with van der Waals surface area (Å²) in [6, 6.07) is 15.8. The minimum Gasteiger partial charge on any atom is -0.489 e. The predicted octanol–water partition coefficient (Wildman–Crippen LogP) is 7.01. The van der Waals surface area contributed by atoms with Crippen molar-refractivity contribution in [2.24, 2.45) is 0 Å². The van der Waals surface area contributed by atoms with Crippen LogP contribution in [0.5, 0.6) is 5.75 Å². The van der Waals surface area contributed by atoms with Gasteiger partial charge in [0.05, 0.1) is 22.9 Å². The number of rotatable bonds is 6. The zero-order valence-electron chi connectivity index (χ0n) is 18.9. The molecule has 0 bridgehead atoms. The Kier molecular flexibility index (Phi) is 6.69. The van der Waals surface area contributed by atoms with E-state index in [1.807, 2.05) is 24.3 Å². The van der Waals surface area contributed by atoms with Crippen LogP contribution in [0.25, 0.3) is 23.1 Å². The number of hydrogen-bond acceptors (Lipinski definition) is 4. The largest absolute Gasteiger partial charge is 0.489 e. The molecule has 0 spiro atoms. The van der Waals surface area contributed by atoms with Gasteiger partial charge in [-0.15, -0.1) is 11.8 Å². The Morgan fingerprint density at radius 2 is 1.83 bits per heavy atom. The van der Waals surface area contributed by atoms with Crippen molar-refractivity contribution in [3.8, 4) is 5.75 Å². The fourth-order valence-electron chi connectivity index (χ4n) is 4.14. The van der Waals surface area contributed by atoms with Gasteiger partial charge in [0.2, 0.25) is 0 Å². The molecule has 1 aromatic heterocycles. The Bertz CT molecular complexity index is 1510. The Labute approximate surface area is 209 Å². The van der Waals surface area contributed by atoms with Gasteiger partial charge in [-0.05, 0) is 59.2 Å². The van der Waals surface area contributed by atoms with Crippen LogP contribution in [0.1, 0.15) is 39.6 Å². The SMILES string of the molecule is O=C(O)CCSC1c2ccc(F)cc2COc2ccc(C=Cc3ccc4cc(F)c(F)cc4n3)cc21. The molecule has 0 radical (unpaired) electrons. The van der Waals surface area contributed by atoms with Gasteiger partial charge in [-0.3, -0.25) is 4.79 Å². The lowest BCUT2D eigenvalue weighted by Gasteiger charge is -2.19. The first kappa shape index (κ1) is 23.9. The number of aromatic nitrogens is 1. The van der Waals surface area contributed by atoms with E-state index in [1.54, 1.807) is 24.3 Å². The standard InChI is InChI=1S/C28H20F3NO3S/c29-19-4-7-21-18(12-19)15-35-26-8-2-16(11-22(26)28(21)36-10-9-27(33)34)1-5-20-6-3-17-13-23(30)24(31)14-25(17)32-20/h1-8,11-14,28H,9-10,15H2,(H,33,34). The molecule has 1 aliphatic heterocycles. The summed E-state index contributed by atoms with van der Waals surface area (Å²) in [7, 11) is 0. The Hall–Kier alpha value is -3.78. The first-order valence-corrected chi connectivity index (χ1v) is 12.2. The first-order valence-electron chi connectivity index (χ1n) is 11.2. The Balaban J connectivity index is 1.48. The normalized spacial score (nSPS) is 14.8. The number of fused-ring (bicyclic) bond motifs is 3. The summed E-state index contributed by atoms with van der Waals surface area (Å²) < 4.78 is 47.0. The maximum absolute atomic E-state index is 13.9. The fraction of sp³-hybridized carbons (Fsp3) is 0.143. The van der Waals surface area contributed by atoms with Crippen LogP contribution < -0.4 is 4.74 Å². The summed E-state index contributed by atoms with van der Waals surface area (Å²) in [5, 5.41) is 9.37. The van der Waals surface area contributed by atoms with E-state index in [2.05, 4.69) is 4.98 Å². The van der Waals surface area contributed by atoms with Gasteiger partial charge in [-0.1, -0.05) is 24.3 Å². The van der Waals surface area contributed by atoms with Gasteiger partial charge in [-0.25, -0.2) is 18.2 Å². The number of ether oxygens (including phenoxy) is 1. The molecule has 1 atom stereocenters. The second-order valence-electron chi connectivity index (χ2n) is 8.35. The van der Waals surface area contributed by atoms with E-state index in [0.29, 0.717) is 28.1 Å². The molecule has 0 saturated heterocycles. The van der Waals surface area contributed by atoms with Crippen LogP contribution in [-0.4, -0.2) is 21.8 Å². The number of halogens is 3. The van der Waals surface area contributed by atoms with Crippen molar-refractivity contribution < 1.29 is 27.8 Å². The highest BCUT2D eigenvalue weighted by Gasteiger charge is 2.26. The van der Waals surface area contributed by atoms with Crippen molar-refractivity contribution in [1.29, 1.82) is 0 Å². The van der Waals surface area contributed by atoms with Gasteiger partial charge in [0.25, 0.3) is 0 Å². The Morgan fingerprint density at radius 3 is 2.67 bits per heavy atom. The number of thioether (sulfide) groups is 1. The first-order chi connectivity index (χ1) is 17.4. The zero-order valence-corrected chi connectivity index (χ0v) is 19.7. The maximum atomic E-state index is 13.9. The predicted molar refractivity (Wildman–Crippen MR) is 134 cm³/mol. The van der Waals surface area contributed by atoms with Gasteiger partial charge >= 0.3 is 5.97 Å². The van der Waals surface area contributed by atoms with Crippen LogP contribution in [-0.2, 0) is 11.4 Å². The molecule has 8 heteroatoms. The van der Waals surface area contributed by atoms with Gasteiger partial charge in [0.15, 0.2) is 11.6 Å². The summed E-state index contributed by atoms with van der Waals surface area (Å²) in [6.07, 6.45) is 3.63. The maximum Gasteiger partial charge on any atom is 0.304 e. The van der Waals surface area contributed by atoms with E-state index in [1.165, 1.54) is 23.9 Å². The third-order valence-electron chi connectivity index (χ3n) is 5.89. The highest BCUT2D eigenvalue weighted by molar-refractivity contribution is 7.99. The van der Waals surface area contributed by atoms with E-state index >= 15 is 0 Å². The van der Waals surface area contributed by atoms with Gasteiger partial charge in [-0.2, -0.15) is 0 Å². The average Bonchev–Trinajstić information content (AvgIpc) is 2.99. The van der Waals surface area contributed by atoms with Crippen molar-refractivity contribution >= 4 is 40.8 Å². The molecule has 0 amide bonds. The molecule has 1 N–H and O–H groups in total. The fourth-order valence-corrected chi connectivity index (χ4v) is 5.44.